The highest BCUT2D eigenvalue weighted by atomic mass is 35.5. The lowest BCUT2D eigenvalue weighted by Gasteiger charge is -2.20. The maximum absolute atomic E-state index is 12.8. The normalized spacial score (nSPS) is 11.2. The van der Waals surface area contributed by atoms with Crippen molar-refractivity contribution in [3.8, 4) is 0 Å². The maximum Gasteiger partial charge on any atom is 0.264 e. The molecule has 0 unspecified atom stereocenters. The number of amides is 1. The molecule has 1 amide bonds. The monoisotopic (exact) mass is 468 g/mol. The van der Waals surface area contributed by atoms with E-state index < -0.39 is 15.9 Å². The second kappa shape index (κ2) is 8.63. The summed E-state index contributed by atoms with van der Waals surface area (Å²) in [6.45, 7) is 0. The highest BCUT2D eigenvalue weighted by molar-refractivity contribution is 7.92. The number of rotatable bonds is 5. The van der Waals surface area contributed by atoms with Crippen molar-refractivity contribution in [2.24, 2.45) is 0 Å². The Morgan fingerprint density at radius 3 is 1.97 bits per heavy atom. The Labute approximate surface area is 183 Å². The lowest BCUT2D eigenvalue weighted by atomic mass is 10.2. The lowest BCUT2D eigenvalue weighted by molar-refractivity contribution is 0.102. The van der Waals surface area contributed by atoms with E-state index in [1.165, 1.54) is 55.6 Å². The zero-order valence-electron chi connectivity index (χ0n) is 15.1. The van der Waals surface area contributed by atoms with Crippen LogP contribution in [0.1, 0.15) is 10.4 Å². The molecule has 0 radical (unpaired) electrons. The number of hydrogen-bond acceptors (Lipinski definition) is 3. The topological polar surface area (TPSA) is 66.5 Å². The Morgan fingerprint density at radius 1 is 0.862 bits per heavy atom. The van der Waals surface area contributed by atoms with Gasteiger partial charge in [-0.25, -0.2) is 8.42 Å². The number of halogens is 3. The van der Waals surface area contributed by atoms with Gasteiger partial charge >= 0.3 is 0 Å². The van der Waals surface area contributed by atoms with E-state index in [2.05, 4.69) is 5.32 Å². The minimum Gasteiger partial charge on any atom is -0.319 e. The molecule has 9 heteroatoms. The Balaban J connectivity index is 1.80. The number of nitrogens with zero attached hydrogens (tertiary/aromatic N) is 1. The molecule has 5 nitrogen and oxygen atoms in total. The van der Waals surface area contributed by atoms with Crippen LogP contribution in [-0.4, -0.2) is 21.4 Å². The Morgan fingerprint density at radius 2 is 1.41 bits per heavy atom. The molecule has 0 aliphatic heterocycles. The van der Waals surface area contributed by atoms with Crippen LogP contribution in [0.15, 0.2) is 71.6 Å². The summed E-state index contributed by atoms with van der Waals surface area (Å²) < 4.78 is 26.6. The SMILES string of the molecule is CN(c1ccc(C(=O)Nc2c(Cl)cccc2Cl)cc1)S(=O)(=O)c1ccc(Cl)cc1. The van der Waals surface area contributed by atoms with E-state index in [0.29, 0.717) is 32.0 Å². The Bertz CT molecular complexity index is 1130. The molecule has 3 rings (SSSR count). The van der Waals surface area contributed by atoms with Crippen LogP contribution in [0.2, 0.25) is 15.1 Å². The summed E-state index contributed by atoms with van der Waals surface area (Å²) in [7, 11) is -2.33. The summed E-state index contributed by atoms with van der Waals surface area (Å²) in [6, 6.07) is 16.9. The van der Waals surface area contributed by atoms with Gasteiger partial charge in [0, 0.05) is 17.6 Å². The van der Waals surface area contributed by atoms with Crippen molar-refractivity contribution in [1.82, 2.24) is 0 Å². The van der Waals surface area contributed by atoms with Crippen molar-refractivity contribution >= 4 is 62.1 Å². The fraction of sp³-hybridized carbons (Fsp3) is 0.0500. The van der Waals surface area contributed by atoms with E-state index in [-0.39, 0.29) is 4.90 Å². The van der Waals surface area contributed by atoms with Crippen molar-refractivity contribution in [2.45, 2.75) is 4.90 Å². The third-order valence-corrected chi connectivity index (χ3v) is 6.85. The molecule has 29 heavy (non-hydrogen) atoms. The predicted molar refractivity (Wildman–Crippen MR) is 118 cm³/mol. The number of para-hydroxylation sites is 1. The molecule has 0 fully saturated rings. The molecule has 0 aromatic heterocycles. The molecule has 0 bridgehead atoms. The fourth-order valence-corrected chi connectivity index (χ4v) is 4.34. The molecular weight excluding hydrogens is 455 g/mol. The summed E-state index contributed by atoms with van der Waals surface area (Å²) in [6.07, 6.45) is 0. The Hall–Kier alpha value is -2.25. The molecule has 0 saturated heterocycles. The van der Waals surface area contributed by atoms with E-state index in [0.717, 1.165) is 4.31 Å². The molecule has 0 spiro atoms. The third-order valence-electron chi connectivity index (χ3n) is 4.17. The number of carbonyl (C=O) groups is 1. The van der Waals surface area contributed by atoms with E-state index in [1.54, 1.807) is 18.2 Å². The molecule has 0 aliphatic rings. The zero-order valence-corrected chi connectivity index (χ0v) is 18.1. The first-order valence-corrected chi connectivity index (χ1v) is 10.9. The summed E-state index contributed by atoms with van der Waals surface area (Å²) in [4.78, 5) is 12.6. The smallest absolute Gasteiger partial charge is 0.264 e. The van der Waals surface area contributed by atoms with E-state index >= 15 is 0 Å². The first kappa shape index (κ1) is 21.5. The third kappa shape index (κ3) is 4.67. The van der Waals surface area contributed by atoms with Gasteiger partial charge in [0.05, 0.1) is 26.3 Å². The van der Waals surface area contributed by atoms with Crippen LogP contribution in [0.3, 0.4) is 0 Å². The quantitative estimate of drug-likeness (QED) is 0.519. The van der Waals surface area contributed by atoms with Gasteiger partial charge in [-0.1, -0.05) is 40.9 Å². The largest absolute Gasteiger partial charge is 0.319 e. The number of anilines is 2. The number of carbonyl (C=O) groups excluding carboxylic acids is 1. The van der Waals surface area contributed by atoms with E-state index in [1.807, 2.05) is 0 Å². The summed E-state index contributed by atoms with van der Waals surface area (Å²) in [5.41, 5.74) is 1.03. The average molecular weight is 470 g/mol. The van der Waals surface area contributed by atoms with Gasteiger partial charge in [0.2, 0.25) is 0 Å². The average Bonchev–Trinajstić information content (AvgIpc) is 2.70. The highest BCUT2D eigenvalue weighted by Crippen LogP contribution is 2.30. The van der Waals surface area contributed by atoms with Gasteiger partial charge in [-0.3, -0.25) is 9.10 Å². The summed E-state index contributed by atoms with van der Waals surface area (Å²) in [5.74, 6) is -0.422. The van der Waals surface area contributed by atoms with Crippen molar-refractivity contribution in [3.05, 3.63) is 87.4 Å². The zero-order chi connectivity index (χ0) is 21.2. The van der Waals surface area contributed by atoms with E-state index in [9.17, 15) is 13.2 Å². The lowest BCUT2D eigenvalue weighted by Crippen LogP contribution is -2.26. The first-order valence-electron chi connectivity index (χ1n) is 8.30. The van der Waals surface area contributed by atoms with Crippen molar-refractivity contribution in [2.75, 3.05) is 16.7 Å². The van der Waals surface area contributed by atoms with Gasteiger partial charge in [0.15, 0.2) is 0 Å². The van der Waals surface area contributed by atoms with Gasteiger partial charge in [-0.2, -0.15) is 0 Å². The van der Waals surface area contributed by atoms with Crippen LogP contribution >= 0.6 is 34.8 Å². The highest BCUT2D eigenvalue weighted by Gasteiger charge is 2.21. The van der Waals surface area contributed by atoms with E-state index in [4.69, 9.17) is 34.8 Å². The standard InChI is InChI=1S/C20H15Cl3N2O3S/c1-25(29(27,28)16-11-7-14(21)8-12-16)15-9-5-13(6-10-15)20(26)24-19-17(22)3-2-4-18(19)23/h2-12H,1H3,(H,24,26). The summed E-state index contributed by atoms with van der Waals surface area (Å²) >= 11 is 18.0. The van der Waals surface area contributed by atoms with Crippen LogP contribution in [-0.2, 0) is 10.0 Å². The van der Waals surface area contributed by atoms with Gasteiger partial charge in [-0.15, -0.1) is 0 Å². The van der Waals surface area contributed by atoms with Crippen molar-refractivity contribution in [3.63, 3.8) is 0 Å². The molecule has 0 saturated carbocycles. The number of nitrogens with one attached hydrogen (secondary N) is 1. The van der Waals surface area contributed by atoms with Crippen molar-refractivity contribution < 1.29 is 13.2 Å². The molecule has 150 valence electrons. The van der Waals surface area contributed by atoms with Gasteiger partial charge in [-0.05, 0) is 60.7 Å². The minimum absolute atomic E-state index is 0.111. The predicted octanol–water partition coefficient (Wildman–Crippen LogP) is 5.72. The number of sulfonamides is 1. The van der Waals surface area contributed by atoms with Crippen LogP contribution in [0.25, 0.3) is 0 Å². The molecule has 1 N–H and O–H groups in total. The second-order valence-electron chi connectivity index (χ2n) is 6.02. The fourth-order valence-electron chi connectivity index (χ4n) is 2.53. The number of hydrogen-bond donors (Lipinski definition) is 1. The second-order valence-corrected chi connectivity index (χ2v) is 9.24. The van der Waals surface area contributed by atoms with Crippen LogP contribution in [0.5, 0.6) is 0 Å². The van der Waals surface area contributed by atoms with Crippen molar-refractivity contribution in [1.29, 1.82) is 0 Å². The van der Waals surface area contributed by atoms with Gasteiger partial charge in [0.1, 0.15) is 0 Å². The Kier molecular flexibility index (Phi) is 6.39. The molecule has 0 heterocycles. The maximum atomic E-state index is 12.8. The van der Waals surface area contributed by atoms with Gasteiger partial charge < -0.3 is 5.32 Å². The molecule has 0 atom stereocenters. The van der Waals surface area contributed by atoms with Crippen LogP contribution < -0.4 is 9.62 Å². The van der Waals surface area contributed by atoms with Crippen LogP contribution in [0, 0.1) is 0 Å². The molecular formula is C20H15Cl3N2O3S. The summed E-state index contributed by atoms with van der Waals surface area (Å²) in [5, 5.41) is 3.73. The van der Waals surface area contributed by atoms with Crippen LogP contribution in [0.4, 0.5) is 11.4 Å². The molecule has 3 aromatic rings. The first-order chi connectivity index (χ1) is 13.7. The molecule has 0 aliphatic carbocycles. The minimum atomic E-state index is -3.76. The van der Waals surface area contributed by atoms with Gasteiger partial charge in [0.25, 0.3) is 15.9 Å². The number of benzene rings is 3. The molecule has 3 aromatic carbocycles.